The van der Waals surface area contributed by atoms with Gasteiger partial charge < -0.3 is 19.3 Å². The third-order valence-electron chi connectivity index (χ3n) is 5.66. The maximum Gasteiger partial charge on any atom is 0.254 e. The topological polar surface area (TPSA) is 72.0 Å². The average molecular weight is 373 g/mol. The molecule has 1 aromatic heterocycles. The Hall–Kier alpha value is -2.15. The van der Waals surface area contributed by atoms with Crippen LogP contribution in [0.4, 0.5) is 0 Å². The van der Waals surface area contributed by atoms with Crippen molar-refractivity contribution in [2.75, 3.05) is 32.8 Å². The Labute approximate surface area is 159 Å². The van der Waals surface area contributed by atoms with E-state index < -0.39 is 0 Å². The zero-order chi connectivity index (χ0) is 18.6. The molecule has 0 radical (unpaired) electrons. The summed E-state index contributed by atoms with van der Waals surface area (Å²) in [7, 11) is 0. The first-order chi connectivity index (χ1) is 13.2. The molecule has 27 heavy (non-hydrogen) atoms. The number of carbonyl (C=O) groups excluding carboxylic acids is 2. The van der Waals surface area contributed by atoms with Crippen molar-refractivity contribution in [3.8, 4) is 5.88 Å². The van der Waals surface area contributed by atoms with Crippen LogP contribution in [0.1, 0.15) is 48.9 Å². The van der Waals surface area contributed by atoms with E-state index in [1.807, 2.05) is 4.90 Å². The molecule has 3 aliphatic rings. The molecule has 1 saturated carbocycles. The van der Waals surface area contributed by atoms with Gasteiger partial charge in [0.1, 0.15) is 12.2 Å². The van der Waals surface area contributed by atoms with Gasteiger partial charge in [-0.2, -0.15) is 0 Å². The molecule has 2 aliphatic heterocycles. The molecule has 0 bridgehead atoms. The number of piperazine rings is 1. The van der Waals surface area contributed by atoms with Crippen LogP contribution < -0.4 is 4.74 Å². The zero-order valence-electron chi connectivity index (χ0n) is 15.6. The SMILES string of the molecule is O=C(c1ccnc(OC2CCCC2)c1)N1CCN(C(=O)[C@H]2CCCO2)CC1. The van der Waals surface area contributed by atoms with Crippen molar-refractivity contribution in [3.05, 3.63) is 23.9 Å². The molecular weight excluding hydrogens is 346 g/mol. The summed E-state index contributed by atoms with van der Waals surface area (Å²) in [5.74, 6) is 0.564. The molecule has 1 atom stereocenters. The van der Waals surface area contributed by atoms with Crippen LogP contribution in [0, 0.1) is 0 Å². The Morgan fingerprint density at radius 1 is 1.04 bits per heavy atom. The summed E-state index contributed by atoms with van der Waals surface area (Å²) in [4.78, 5) is 33.1. The molecule has 7 nitrogen and oxygen atoms in total. The first-order valence-corrected chi connectivity index (χ1v) is 10.0. The normalized spacial score (nSPS) is 23.6. The van der Waals surface area contributed by atoms with E-state index in [2.05, 4.69) is 4.98 Å². The molecule has 4 rings (SSSR count). The van der Waals surface area contributed by atoms with Crippen molar-refractivity contribution < 1.29 is 19.1 Å². The van der Waals surface area contributed by atoms with Crippen molar-refractivity contribution in [3.63, 3.8) is 0 Å². The van der Waals surface area contributed by atoms with Crippen LogP contribution in [0.25, 0.3) is 0 Å². The van der Waals surface area contributed by atoms with Crippen LogP contribution in [-0.4, -0.2) is 71.6 Å². The molecule has 2 saturated heterocycles. The van der Waals surface area contributed by atoms with E-state index in [0.717, 1.165) is 25.7 Å². The second kappa shape index (κ2) is 8.25. The Bertz CT molecular complexity index is 676. The second-order valence-corrected chi connectivity index (χ2v) is 7.53. The summed E-state index contributed by atoms with van der Waals surface area (Å²) in [5.41, 5.74) is 0.594. The first-order valence-electron chi connectivity index (χ1n) is 10.0. The fourth-order valence-corrected chi connectivity index (χ4v) is 4.07. The Morgan fingerprint density at radius 3 is 2.48 bits per heavy atom. The number of hydrogen-bond acceptors (Lipinski definition) is 5. The van der Waals surface area contributed by atoms with Gasteiger partial charge in [-0.05, 0) is 44.6 Å². The lowest BCUT2D eigenvalue weighted by Gasteiger charge is -2.35. The number of pyridine rings is 1. The zero-order valence-corrected chi connectivity index (χ0v) is 15.6. The molecule has 0 N–H and O–H groups in total. The van der Waals surface area contributed by atoms with Gasteiger partial charge in [0.25, 0.3) is 11.8 Å². The fourth-order valence-electron chi connectivity index (χ4n) is 4.07. The second-order valence-electron chi connectivity index (χ2n) is 7.53. The van der Waals surface area contributed by atoms with Crippen molar-refractivity contribution in [2.45, 2.75) is 50.7 Å². The highest BCUT2D eigenvalue weighted by Crippen LogP contribution is 2.24. The van der Waals surface area contributed by atoms with E-state index in [-0.39, 0.29) is 24.0 Å². The number of carbonyl (C=O) groups is 2. The summed E-state index contributed by atoms with van der Waals surface area (Å²) >= 11 is 0. The summed E-state index contributed by atoms with van der Waals surface area (Å²) in [6, 6.07) is 3.47. The van der Waals surface area contributed by atoms with E-state index in [9.17, 15) is 9.59 Å². The number of amides is 2. The molecule has 1 aliphatic carbocycles. The maximum absolute atomic E-state index is 12.8. The lowest BCUT2D eigenvalue weighted by Crippen LogP contribution is -2.52. The molecular formula is C20H27N3O4. The largest absolute Gasteiger partial charge is 0.474 e. The molecule has 1 aromatic rings. The van der Waals surface area contributed by atoms with Crippen LogP contribution >= 0.6 is 0 Å². The lowest BCUT2D eigenvalue weighted by atomic mass is 10.1. The molecule has 7 heteroatoms. The van der Waals surface area contributed by atoms with Gasteiger partial charge in [0.05, 0.1) is 0 Å². The van der Waals surface area contributed by atoms with E-state index in [0.29, 0.717) is 44.2 Å². The standard InChI is InChI=1S/C20H27N3O4/c24-19(15-7-8-21-18(14-15)27-16-4-1-2-5-16)22-9-11-23(12-10-22)20(25)17-6-3-13-26-17/h7-8,14,16-17H,1-6,9-13H2/t17-/m1/s1. The molecule has 0 spiro atoms. The average Bonchev–Trinajstić information content (AvgIpc) is 3.41. The van der Waals surface area contributed by atoms with E-state index in [1.165, 1.54) is 12.8 Å². The molecule has 146 valence electrons. The number of aromatic nitrogens is 1. The van der Waals surface area contributed by atoms with E-state index in [1.54, 1.807) is 23.2 Å². The van der Waals surface area contributed by atoms with Gasteiger partial charge in [-0.3, -0.25) is 9.59 Å². The van der Waals surface area contributed by atoms with Gasteiger partial charge >= 0.3 is 0 Å². The number of ether oxygens (including phenoxy) is 2. The summed E-state index contributed by atoms with van der Waals surface area (Å²) < 4.78 is 11.4. The first kappa shape index (κ1) is 18.2. The predicted molar refractivity (Wildman–Crippen MR) is 98.6 cm³/mol. The molecule has 3 fully saturated rings. The van der Waals surface area contributed by atoms with Gasteiger partial charge in [-0.1, -0.05) is 0 Å². The number of nitrogens with zero attached hydrogens (tertiary/aromatic N) is 3. The van der Waals surface area contributed by atoms with Gasteiger partial charge in [-0.15, -0.1) is 0 Å². The van der Waals surface area contributed by atoms with Gasteiger partial charge in [0, 0.05) is 50.6 Å². The minimum absolute atomic E-state index is 0.0297. The van der Waals surface area contributed by atoms with Gasteiger partial charge in [0.15, 0.2) is 0 Å². The smallest absolute Gasteiger partial charge is 0.254 e. The van der Waals surface area contributed by atoms with Gasteiger partial charge in [-0.25, -0.2) is 4.98 Å². The van der Waals surface area contributed by atoms with E-state index >= 15 is 0 Å². The Morgan fingerprint density at radius 2 is 1.78 bits per heavy atom. The van der Waals surface area contributed by atoms with Crippen molar-refractivity contribution in [1.82, 2.24) is 14.8 Å². The van der Waals surface area contributed by atoms with Gasteiger partial charge in [0.2, 0.25) is 5.88 Å². The van der Waals surface area contributed by atoms with Crippen LogP contribution in [0.3, 0.4) is 0 Å². The molecule has 3 heterocycles. The highest BCUT2D eigenvalue weighted by molar-refractivity contribution is 5.94. The third-order valence-corrected chi connectivity index (χ3v) is 5.66. The fraction of sp³-hybridized carbons (Fsp3) is 0.650. The Kier molecular flexibility index (Phi) is 5.57. The van der Waals surface area contributed by atoms with Crippen LogP contribution in [-0.2, 0) is 9.53 Å². The third kappa shape index (κ3) is 4.24. The van der Waals surface area contributed by atoms with Crippen molar-refractivity contribution >= 4 is 11.8 Å². The van der Waals surface area contributed by atoms with Crippen LogP contribution in [0.15, 0.2) is 18.3 Å². The predicted octanol–water partition coefficient (Wildman–Crippen LogP) is 1.87. The lowest BCUT2D eigenvalue weighted by molar-refractivity contribution is -0.142. The quantitative estimate of drug-likeness (QED) is 0.806. The van der Waals surface area contributed by atoms with Crippen LogP contribution in [0.2, 0.25) is 0 Å². The molecule has 0 aromatic carbocycles. The number of rotatable bonds is 4. The number of hydrogen-bond donors (Lipinski definition) is 0. The summed E-state index contributed by atoms with van der Waals surface area (Å²) in [5, 5.41) is 0. The van der Waals surface area contributed by atoms with E-state index in [4.69, 9.17) is 9.47 Å². The summed E-state index contributed by atoms with van der Waals surface area (Å²) in [6.45, 7) is 2.86. The maximum atomic E-state index is 12.8. The molecule has 2 amide bonds. The highest BCUT2D eigenvalue weighted by Gasteiger charge is 2.31. The Balaban J connectivity index is 1.33. The summed E-state index contributed by atoms with van der Waals surface area (Å²) in [6.07, 6.45) is 7.81. The highest BCUT2D eigenvalue weighted by atomic mass is 16.5. The minimum Gasteiger partial charge on any atom is -0.474 e. The van der Waals surface area contributed by atoms with Crippen molar-refractivity contribution in [2.24, 2.45) is 0 Å². The monoisotopic (exact) mass is 373 g/mol. The van der Waals surface area contributed by atoms with Crippen molar-refractivity contribution in [1.29, 1.82) is 0 Å². The molecule has 0 unspecified atom stereocenters. The minimum atomic E-state index is -0.289. The van der Waals surface area contributed by atoms with Crippen LogP contribution in [0.5, 0.6) is 5.88 Å².